The zero-order valence-electron chi connectivity index (χ0n) is 25.4. The van der Waals surface area contributed by atoms with Crippen LogP contribution in [0.2, 0.25) is 0 Å². The molecule has 0 aliphatic rings. The Morgan fingerprint density at radius 1 is 0.718 bits per heavy atom. The number of nitrogens with one attached hydrogen (secondary N) is 1. The highest BCUT2D eigenvalue weighted by atomic mass is 33.1. The van der Waals surface area contributed by atoms with E-state index in [4.69, 9.17) is 0 Å². The van der Waals surface area contributed by atoms with Crippen LogP contribution in [0.3, 0.4) is 0 Å². The van der Waals surface area contributed by atoms with E-state index in [0.29, 0.717) is 13.0 Å². The highest BCUT2D eigenvalue weighted by Gasteiger charge is 2.02. The minimum absolute atomic E-state index is 0.135. The summed E-state index contributed by atoms with van der Waals surface area (Å²) in [5.74, 6) is 1.01. The summed E-state index contributed by atoms with van der Waals surface area (Å²) in [7, 11) is 3.37. The fourth-order valence-corrected chi connectivity index (χ4v) is 5.66. The lowest BCUT2D eigenvalue weighted by Gasteiger charge is -2.06. The standard InChI is InChI=1S/C34H52N2OS2/c1-28(2)14-11-17-31(5)20-12-18-29(3)15-7-8-16-30(4)19-13-21-32(6)23-24-33(37)35-26-27-38-39-34-22-9-10-25-36-34/h9-10,14-16,20-22,25H,7-8,11-13,17-19,23-24,26-27H2,1-6H3,(H,35,37)/b29-15?,30-16+,31-20+,32-21?. The van der Waals surface area contributed by atoms with Gasteiger partial charge in [-0.25, -0.2) is 4.98 Å². The molecule has 1 aromatic rings. The zero-order valence-corrected chi connectivity index (χ0v) is 27.0. The van der Waals surface area contributed by atoms with Crippen LogP contribution in [0, 0.1) is 0 Å². The number of carbonyl (C=O) groups excluding carboxylic acids is 1. The second-order valence-corrected chi connectivity index (χ2v) is 13.0. The monoisotopic (exact) mass is 568 g/mol. The number of carbonyl (C=O) groups is 1. The Kier molecular flexibility index (Phi) is 20.5. The first-order valence-corrected chi connectivity index (χ1v) is 16.8. The largest absolute Gasteiger partial charge is 0.355 e. The number of hydrogen-bond donors (Lipinski definition) is 1. The van der Waals surface area contributed by atoms with Crippen molar-refractivity contribution in [2.75, 3.05) is 12.3 Å². The van der Waals surface area contributed by atoms with Gasteiger partial charge in [0, 0.05) is 24.9 Å². The Morgan fingerprint density at radius 3 is 1.79 bits per heavy atom. The molecule has 39 heavy (non-hydrogen) atoms. The first-order chi connectivity index (χ1) is 18.8. The fourth-order valence-electron chi connectivity index (χ4n) is 3.88. The number of pyridine rings is 1. The second-order valence-electron chi connectivity index (χ2n) is 10.6. The molecule has 0 aliphatic heterocycles. The molecule has 0 saturated carbocycles. The second kappa shape index (κ2) is 22.8. The van der Waals surface area contributed by atoms with E-state index in [1.807, 2.05) is 18.2 Å². The Labute approximate surface area is 247 Å². The van der Waals surface area contributed by atoms with Crippen molar-refractivity contribution in [1.29, 1.82) is 0 Å². The normalized spacial score (nSPS) is 13.0. The zero-order chi connectivity index (χ0) is 28.7. The van der Waals surface area contributed by atoms with E-state index < -0.39 is 0 Å². The van der Waals surface area contributed by atoms with Crippen molar-refractivity contribution < 1.29 is 4.79 Å². The molecule has 3 nitrogen and oxygen atoms in total. The Bertz CT molecular complexity index is 970. The molecule has 0 fully saturated rings. The van der Waals surface area contributed by atoms with Gasteiger partial charge < -0.3 is 5.32 Å². The molecular formula is C34H52N2OS2. The van der Waals surface area contributed by atoms with Crippen molar-refractivity contribution in [1.82, 2.24) is 10.3 Å². The van der Waals surface area contributed by atoms with Crippen LogP contribution in [-0.2, 0) is 4.79 Å². The van der Waals surface area contributed by atoms with Crippen molar-refractivity contribution in [3.63, 3.8) is 0 Å². The SMILES string of the molecule is CC(C)=CCC/C(C)=C/CCC(C)=CCC/C=C(\C)CCC=C(C)CCC(=O)NCCSSc1ccccn1. The van der Waals surface area contributed by atoms with Crippen LogP contribution < -0.4 is 5.32 Å². The molecule has 1 aromatic heterocycles. The molecule has 1 amide bonds. The van der Waals surface area contributed by atoms with Crippen LogP contribution in [0.1, 0.15) is 106 Å². The molecule has 1 rings (SSSR count). The average molecular weight is 569 g/mol. The van der Waals surface area contributed by atoms with Crippen molar-refractivity contribution in [3.8, 4) is 0 Å². The third-order valence-corrected chi connectivity index (χ3v) is 8.61. The van der Waals surface area contributed by atoms with E-state index in [-0.39, 0.29) is 5.91 Å². The van der Waals surface area contributed by atoms with Crippen LogP contribution in [0.15, 0.2) is 87.7 Å². The molecule has 216 valence electrons. The molecule has 0 bridgehead atoms. The van der Waals surface area contributed by atoms with E-state index in [9.17, 15) is 4.79 Å². The van der Waals surface area contributed by atoms with Gasteiger partial charge in [-0.3, -0.25) is 4.79 Å². The summed E-state index contributed by atoms with van der Waals surface area (Å²) in [5.41, 5.74) is 7.18. The van der Waals surface area contributed by atoms with Gasteiger partial charge in [0.2, 0.25) is 5.91 Å². The van der Waals surface area contributed by atoms with Crippen LogP contribution in [-0.4, -0.2) is 23.2 Å². The number of rotatable bonds is 20. The van der Waals surface area contributed by atoms with Crippen molar-refractivity contribution in [2.24, 2.45) is 0 Å². The number of allylic oxidation sites excluding steroid dienone is 10. The van der Waals surface area contributed by atoms with Gasteiger partial charge in [0.25, 0.3) is 0 Å². The molecule has 0 saturated heterocycles. The Balaban J connectivity index is 2.12. The highest BCUT2D eigenvalue weighted by Crippen LogP contribution is 2.28. The lowest BCUT2D eigenvalue weighted by atomic mass is 10.0. The first-order valence-electron chi connectivity index (χ1n) is 14.5. The van der Waals surface area contributed by atoms with Gasteiger partial charge in [0.1, 0.15) is 5.03 Å². The maximum Gasteiger partial charge on any atom is 0.220 e. The third kappa shape index (κ3) is 21.5. The molecule has 0 unspecified atom stereocenters. The minimum atomic E-state index is 0.135. The van der Waals surface area contributed by atoms with E-state index in [2.05, 4.69) is 82.2 Å². The molecule has 0 aromatic carbocycles. The molecule has 0 atom stereocenters. The summed E-state index contributed by atoms with van der Waals surface area (Å²) in [6.07, 6.45) is 24.0. The van der Waals surface area contributed by atoms with Crippen molar-refractivity contribution >= 4 is 27.5 Å². The lowest BCUT2D eigenvalue weighted by molar-refractivity contribution is -0.120. The van der Waals surface area contributed by atoms with Gasteiger partial charge in [-0.15, -0.1) is 0 Å². The Hall–Kier alpha value is -1.98. The van der Waals surface area contributed by atoms with E-state index >= 15 is 0 Å². The molecule has 5 heteroatoms. The molecule has 0 spiro atoms. The van der Waals surface area contributed by atoms with Gasteiger partial charge >= 0.3 is 0 Å². The van der Waals surface area contributed by atoms with Crippen LogP contribution in [0.25, 0.3) is 0 Å². The van der Waals surface area contributed by atoms with E-state index in [0.717, 1.165) is 62.1 Å². The predicted octanol–water partition coefficient (Wildman–Crippen LogP) is 10.6. The van der Waals surface area contributed by atoms with Gasteiger partial charge in [-0.1, -0.05) is 75.1 Å². The van der Waals surface area contributed by atoms with E-state index in [1.54, 1.807) is 27.8 Å². The summed E-state index contributed by atoms with van der Waals surface area (Å²) in [5, 5.41) is 4.02. The fraction of sp³-hybridized carbons (Fsp3) is 0.529. The molecular weight excluding hydrogens is 517 g/mol. The van der Waals surface area contributed by atoms with Crippen molar-refractivity contribution in [2.45, 2.75) is 111 Å². The van der Waals surface area contributed by atoms with Gasteiger partial charge in [0.15, 0.2) is 0 Å². The quantitative estimate of drug-likeness (QED) is 0.0965. The molecule has 1 N–H and O–H groups in total. The van der Waals surface area contributed by atoms with Gasteiger partial charge in [-0.2, -0.15) is 0 Å². The first kappa shape index (κ1) is 35.0. The number of aromatic nitrogens is 1. The number of nitrogens with zero attached hydrogens (tertiary/aromatic N) is 1. The third-order valence-electron chi connectivity index (χ3n) is 6.34. The molecule has 1 heterocycles. The summed E-state index contributed by atoms with van der Waals surface area (Å²) in [6, 6.07) is 5.90. The maximum absolute atomic E-state index is 12.1. The van der Waals surface area contributed by atoms with Crippen LogP contribution >= 0.6 is 21.6 Å². The van der Waals surface area contributed by atoms with Crippen LogP contribution in [0.5, 0.6) is 0 Å². The maximum atomic E-state index is 12.1. The average Bonchev–Trinajstić information content (AvgIpc) is 2.90. The minimum Gasteiger partial charge on any atom is -0.355 e. The molecule has 0 radical (unpaired) electrons. The molecule has 0 aliphatic carbocycles. The van der Waals surface area contributed by atoms with Crippen LogP contribution in [0.4, 0.5) is 0 Å². The number of unbranched alkanes of at least 4 members (excludes halogenated alkanes) is 1. The van der Waals surface area contributed by atoms with Gasteiger partial charge in [0.05, 0.1) is 0 Å². The summed E-state index contributed by atoms with van der Waals surface area (Å²) >= 11 is 0. The Morgan fingerprint density at radius 2 is 1.26 bits per heavy atom. The van der Waals surface area contributed by atoms with Crippen molar-refractivity contribution in [3.05, 3.63) is 82.6 Å². The van der Waals surface area contributed by atoms with Gasteiger partial charge in [-0.05, 0) is 122 Å². The number of hydrogen-bond acceptors (Lipinski definition) is 4. The predicted molar refractivity (Wildman–Crippen MR) is 176 cm³/mol. The number of amides is 1. The summed E-state index contributed by atoms with van der Waals surface area (Å²) in [4.78, 5) is 16.4. The smallest absolute Gasteiger partial charge is 0.220 e. The van der Waals surface area contributed by atoms with E-state index in [1.165, 1.54) is 34.3 Å². The lowest BCUT2D eigenvalue weighted by Crippen LogP contribution is -2.25. The highest BCUT2D eigenvalue weighted by molar-refractivity contribution is 8.76. The summed E-state index contributed by atoms with van der Waals surface area (Å²) in [6.45, 7) is 13.9. The topological polar surface area (TPSA) is 42.0 Å². The summed E-state index contributed by atoms with van der Waals surface area (Å²) < 4.78 is 0.